The summed E-state index contributed by atoms with van der Waals surface area (Å²) in [6, 6.07) is -0.352. The zero-order valence-electron chi connectivity index (χ0n) is 10.8. The summed E-state index contributed by atoms with van der Waals surface area (Å²) in [6.07, 6.45) is 0.856. The molecule has 0 unspecified atom stereocenters. The van der Waals surface area contributed by atoms with Crippen LogP contribution in [0.2, 0.25) is 0 Å². The number of hydrogen-bond donors (Lipinski definition) is 3. The minimum Gasteiger partial charge on any atom is -0.481 e. The highest BCUT2D eigenvalue weighted by atomic mass is 32.2. The van der Waals surface area contributed by atoms with Gasteiger partial charge in [-0.2, -0.15) is 0 Å². The maximum atomic E-state index is 11.7. The van der Waals surface area contributed by atoms with Crippen LogP contribution in [-0.2, 0) is 14.8 Å². The van der Waals surface area contributed by atoms with Gasteiger partial charge in [-0.05, 0) is 19.9 Å². The van der Waals surface area contributed by atoms with Crippen molar-refractivity contribution in [2.75, 3.05) is 32.4 Å². The van der Waals surface area contributed by atoms with E-state index >= 15 is 0 Å². The topological polar surface area (TPSA) is 116 Å². The number of rotatable bonds is 5. The van der Waals surface area contributed by atoms with Crippen molar-refractivity contribution in [3.8, 4) is 0 Å². The molecule has 1 aliphatic rings. The lowest BCUT2D eigenvalue weighted by Crippen LogP contribution is -2.46. The Morgan fingerprint density at radius 1 is 1.32 bits per heavy atom. The second kappa shape index (κ2) is 6.71. The molecule has 0 saturated carbocycles. The highest BCUT2D eigenvalue weighted by molar-refractivity contribution is 7.89. The lowest BCUT2D eigenvalue weighted by atomic mass is 9.97. The molecule has 8 nitrogen and oxygen atoms in total. The van der Waals surface area contributed by atoms with Gasteiger partial charge in [0.05, 0.1) is 11.7 Å². The van der Waals surface area contributed by atoms with E-state index in [9.17, 15) is 18.0 Å². The highest BCUT2D eigenvalue weighted by Gasteiger charge is 2.26. The Kier molecular flexibility index (Phi) is 5.55. The van der Waals surface area contributed by atoms with Gasteiger partial charge in [-0.15, -0.1) is 0 Å². The SMILES string of the molecule is CNS(=O)(=O)CCNC(=O)N1CCC(C(=O)O)CC1. The lowest BCUT2D eigenvalue weighted by molar-refractivity contribution is -0.143. The van der Waals surface area contributed by atoms with Crippen LogP contribution in [0.5, 0.6) is 0 Å². The predicted octanol–water partition coefficient (Wildman–Crippen LogP) is -0.958. The second-order valence-electron chi connectivity index (χ2n) is 4.35. The zero-order valence-corrected chi connectivity index (χ0v) is 11.6. The summed E-state index contributed by atoms with van der Waals surface area (Å²) in [5, 5.41) is 11.3. The van der Waals surface area contributed by atoms with Gasteiger partial charge < -0.3 is 15.3 Å². The van der Waals surface area contributed by atoms with Crippen molar-refractivity contribution in [3.63, 3.8) is 0 Å². The van der Waals surface area contributed by atoms with E-state index in [0.717, 1.165) is 0 Å². The Hall–Kier alpha value is -1.35. The Balaban J connectivity index is 2.30. The van der Waals surface area contributed by atoms with Gasteiger partial charge in [0.1, 0.15) is 0 Å². The van der Waals surface area contributed by atoms with Crippen LogP contribution in [0.1, 0.15) is 12.8 Å². The van der Waals surface area contributed by atoms with E-state index in [1.807, 2.05) is 0 Å². The molecule has 1 fully saturated rings. The molecule has 3 N–H and O–H groups in total. The summed E-state index contributed by atoms with van der Waals surface area (Å²) in [5.41, 5.74) is 0. The van der Waals surface area contributed by atoms with Crippen LogP contribution in [0.4, 0.5) is 4.79 Å². The number of likely N-dealkylation sites (tertiary alicyclic amines) is 1. The Morgan fingerprint density at radius 3 is 2.37 bits per heavy atom. The number of nitrogens with one attached hydrogen (secondary N) is 2. The number of urea groups is 1. The van der Waals surface area contributed by atoms with E-state index in [-0.39, 0.29) is 18.3 Å². The van der Waals surface area contributed by atoms with Crippen molar-refractivity contribution in [2.45, 2.75) is 12.8 Å². The number of carboxylic acids is 1. The molecule has 2 amide bonds. The molecule has 0 aromatic rings. The smallest absolute Gasteiger partial charge is 0.317 e. The van der Waals surface area contributed by atoms with E-state index < -0.39 is 21.9 Å². The van der Waals surface area contributed by atoms with Crippen molar-refractivity contribution in [1.82, 2.24) is 14.9 Å². The third kappa shape index (κ3) is 5.03. The Morgan fingerprint density at radius 2 is 1.89 bits per heavy atom. The molecule has 9 heteroatoms. The average molecular weight is 293 g/mol. The highest BCUT2D eigenvalue weighted by Crippen LogP contribution is 2.16. The van der Waals surface area contributed by atoms with Crippen molar-refractivity contribution in [1.29, 1.82) is 0 Å². The van der Waals surface area contributed by atoms with Gasteiger partial charge in [-0.3, -0.25) is 4.79 Å². The van der Waals surface area contributed by atoms with Crippen LogP contribution in [0.15, 0.2) is 0 Å². The Bertz CT molecular complexity index is 428. The second-order valence-corrected chi connectivity index (χ2v) is 6.40. The van der Waals surface area contributed by atoms with Crippen LogP contribution in [0.3, 0.4) is 0 Å². The number of aliphatic carboxylic acids is 1. The first-order chi connectivity index (χ1) is 8.85. The molecular formula is C10H19N3O5S. The van der Waals surface area contributed by atoms with Gasteiger partial charge in [0.2, 0.25) is 10.0 Å². The van der Waals surface area contributed by atoms with Crippen LogP contribution in [-0.4, -0.2) is 62.9 Å². The molecule has 1 heterocycles. The lowest BCUT2D eigenvalue weighted by Gasteiger charge is -2.30. The van der Waals surface area contributed by atoms with E-state index in [4.69, 9.17) is 5.11 Å². The van der Waals surface area contributed by atoms with Gasteiger partial charge in [-0.1, -0.05) is 0 Å². The first-order valence-corrected chi connectivity index (χ1v) is 7.68. The van der Waals surface area contributed by atoms with Crippen molar-refractivity contribution >= 4 is 22.0 Å². The molecule has 0 spiro atoms. The molecule has 110 valence electrons. The molecule has 0 bridgehead atoms. The summed E-state index contributed by atoms with van der Waals surface area (Å²) in [6.45, 7) is 0.782. The van der Waals surface area contributed by atoms with Gasteiger partial charge in [-0.25, -0.2) is 17.9 Å². The minimum absolute atomic E-state index is 0.0286. The maximum absolute atomic E-state index is 11.7. The normalized spacial score (nSPS) is 17.2. The number of carboxylic acid groups (broad SMARTS) is 1. The molecule has 0 atom stereocenters. The summed E-state index contributed by atoms with van der Waals surface area (Å²) in [5.74, 6) is -1.41. The summed E-state index contributed by atoms with van der Waals surface area (Å²) in [4.78, 5) is 24.0. The average Bonchev–Trinajstić information content (AvgIpc) is 2.38. The fourth-order valence-electron chi connectivity index (χ4n) is 1.84. The third-order valence-corrected chi connectivity index (χ3v) is 4.45. The largest absolute Gasteiger partial charge is 0.481 e. The van der Waals surface area contributed by atoms with E-state index in [1.165, 1.54) is 11.9 Å². The zero-order chi connectivity index (χ0) is 14.5. The quantitative estimate of drug-likeness (QED) is 0.604. The maximum Gasteiger partial charge on any atom is 0.317 e. The van der Waals surface area contributed by atoms with Crippen LogP contribution >= 0.6 is 0 Å². The number of sulfonamides is 1. The van der Waals surface area contributed by atoms with Crippen LogP contribution in [0.25, 0.3) is 0 Å². The van der Waals surface area contributed by atoms with E-state index in [0.29, 0.717) is 25.9 Å². The fraction of sp³-hybridized carbons (Fsp3) is 0.800. The number of piperidine rings is 1. The number of hydrogen-bond acceptors (Lipinski definition) is 4. The molecule has 1 rings (SSSR count). The first kappa shape index (κ1) is 15.7. The summed E-state index contributed by atoms with van der Waals surface area (Å²) in [7, 11) is -2.01. The monoisotopic (exact) mass is 293 g/mol. The van der Waals surface area contributed by atoms with E-state index in [1.54, 1.807) is 0 Å². The molecular weight excluding hydrogens is 274 g/mol. The van der Waals surface area contributed by atoms with Gasteiger partial charge in [0.15, 0.2) is 0 Å². The molecule has 0 aromatic carbocycles. The van der Waals surface area contributed by atoms with Crippen molar-refractivity contribution in [3.05, 3.63) is 0 Å². The standard InChI is InChI=1S/C10H19N3O5S/c1-11-19(17,18)7-4-12-10(16)13-5-2-8(3-6-13)9(14)15/h8,11H,2-7H2,1H3,(H,12,16)(H,14,15). The number of carbonyl (C=O) groups is 2. The first-order valence-electron chi connectivity index (χ1n) is 6.02. The molecule has 0 aromatic heterocycles. The molecule has 1 aliphatic heterocycles. The van der Waals surface area contributed by atoms with Gasteiger partial charge in [0, 0.05) is 19.6 Å². The third-order valence-electron chi connectivity index (χ3n) is 3.09. The predicted molar refractivity (Wildman–Crippen MR) is 68.2 cm³/mol. The minimum atomic E-state index is -3.33. The molecule has 1 saturated heterocycles. The van der Waals surface area contributed by atoms with E-state index in [2.05, 4.69) is 10.0 Å². The van der Waals surface area contributed by atoms with Crippen molar-refractivity contribution in [2.24, 2.45) is 5.92 Å². The molecule has 0 radical (unpaired) electrons. The van der Waals surface area contributed by atoms with Gasteiger partial charge >= 0.3 is 12.0 Å². The fourth-order valence-corrected chi connectivity index (χ4v) is 2.41. The molecule has 0 aliphatic carbocycles. The molecule has 19 heavy (non-hydrogen) atoms. The number of carbonyl (C=O) groups excluding carboxylic acids is 1. The number of nitrogens with zero attached hydrogens (tertiary/aromatic N) is 1. The van der Waals surface area contributed by atoms with Crippen LogP contribution < -0.4 is 10.0 Å². The van der Waals surface area contributed by atoms with Gasteiger partial charge in [0.25, 0.3) is 0 Å². The summed E-state index contributed by atoms with van der Waals surface area (Å²) < 4.78 is 24.4. The number of amides is 2. The van der Waals surface area contributed by atoms with Crippen molar-refractivity contribution < 1.29 is 23.1 Å². The van der Waals surface area contributed by atoms with Crippen LogP contribution in [0, 0.1) is 5.92 Å². The Labute approximate surface area is 112 Å². The summed E-state index contributed by atoms with van der Waals surface area (Å²) >= 11 is 0.